The maximum Gasteiger partial charge on any atom is 0.238 e. The first-order chi connectivity index (χ1) is 10.6. The van der Waals surface area contributed by atoms with Gasteiger partial charge in [-0.15, -0.1) is 10.2 Å². The van der Waals surface area contributed by atoms with Crippen molar-refractivity contribution in [3.05, 3.63) is 60.8 Å². The molecule has 0 fully saturated rings. The lowest BCUT2D eigenvalue weighted by molar-refractivity contribution is 0.598. The van der Waals surface area contributed by atoms with E-state index in [0.29, 0.717) is 16.8 Å². The SMILES string of the molecule is NS(=O)(=O)c1cccc(-c2ccccc2)c1-c1ccnnn1. The number of nitrogens with two attached hydrogens (primary N) is 1. The number of rotatable bonds is 3. The van der Waals surface area contributed by atoms with Gasteiger partial charge in [-0.1, -0.05) is 42.5 Å². The monoisotopic (exact) mass is 312 g/mol. The van der Waals surface area contributed by atoms with E-state index in [1.54, 1.807) is 12.1 Å². The fourth-order valence-corrected chi connectivity index (χ4v) is 3.03. The predicted octanol–water partition coefficient (Wildman–Crippen LogP) is 1.85. The van der Waals surface area contributed by atoms with E-state index in [1.165, 1.54) is 12.3 Å². The Morgan fingerprint density at radius 2 is 1.68 bits per heavy atom. The number of nitrogens with zero attached hydrogens (tertiary/aromatic N) is 3. The summed E-state index contributed by atoms with van der Waals surface area (Å²) in [5.74, 6) is 0. The van der Waals surface area contributed by atoms with E-state index in [2.05, 4.69) is 15.4 Å². The number of hydrogen-bond donors (Lipinski definition) is 1. The Morgan fingerprint density at radius 1 is 0.909 bits per heavy atom. The second-order valence-electron chi connectivity index (χ2n) is 4.60. The van der Waals surface area contributed by atoms with Crippen molar-refractivity contribution in [2.75, 3.05) is 0 Å². The number of sulfonamides is 1. The lowest BCUT2D eigenvalue weighted by Crippen LogP contribution is -2.14. The van der Waals surface area contributed by atoms with E-state index < -0.39 is 10.0 Å². The molecule has 0 amide bonds. The van der Waals surface area contributed by atoms with Crippen LogP contribution in [0.15, 0.2) is 65.7 Å². The highest BCUT2D eigenvalue weighted by Gasteiger charge is 2.20. The highest BCUT2D eigenvalue weighted by molar-refractivity contribution is 7.89. The molecule has 1 aromatic heterocycles. The van der Waals surface area contributed by atoms with Gasteiger partial charge < -0.3 is 0 Å². The minimum atomic E-state index is -3.90. The van der Waals surface area contributed by atoms with Crippen LogP contribution in [0, 0.1) is 0 Å². The summed E-state index contributed by atoms with van der Waals surface area (Å²) < 4.78 is 23.8. The zero-order valence-electron chi connectivity index (χ0n) is 11.4. The molecule has 0 aliphatic heterocycles. The van der Waals surface area contributed by atoms with E-state index in [1.807, 2.05) is 36.4 Å². The molecule has 110 valence electrons. The summed E-state index contributed by atoms with van der Waals surface area (Å²) in [4.78, 5) is 0.00866. The van der Waals surface area contributed by atoms with Gasteiger partial charge in [-0.25, -0.2) is 13.6 Å². The first-order valence-electron chi connectivity index (χ1n) is 6.43. The fraction of sp³-hybridized carbons (Fsp3) is 0. The standard InChI is InChI=1S/C15H12N4O2S/c16-22(20,21)14-8-4-7-12(11-5-2-1-3-6-11)15(14)13-9-10-17-19-18-13/h1-10H,(H2,16,20,21). The maximum atomic E-state index is 11.9. The number of primary sulfonamides is 1. The summed E-state index contributed by atoms with van der Waals surface area (Å²) in [7, 11) is -3.90. The van der Waals surface area contributed by atoms with Crippen molar-refractivity contribution in [1.82, 2.24) is 15.4 Å². The van der Waals surface area contributed by atoms with Crippen LogP contribution in [0.3, 0.4) is 0 Å². The third kappa shape index (κ3) is 2.72. The Kier molecular flexibility index (Phi) is 3.66. The van der Waals surface area contributed by atoms with E-state index in [-0.39, 0.29) is 4.90 Å². The van der Waals surface area contributed by atoms with Crippen LogP contribution in [-0.2, 0) is 10.0 Å². The molecule has 0 unspecified atom stereocenters. The summed E-state index contributed by atoms with van der Waals surface area (Å²) >= 11 is 0. The smallest absolute Gasteiger partial charge is 0.225 e. The second kappa shape index (κ2) is 5.63. The molecule has 0 aliphatic rings. The quantitative estimate of drug-likeness (QED) is 0.795. The molecule has 6 nitrogen and oxygen atoms in total. The van der Waals surface area contributed by atoms with Crippen molar-refractivity contribution in [1.29, 1.82) is 0 Å². The fourth-order valence-electron chi connectivity index (χ4n) is 2.27. The molecule has 7 heteroatoms. The Balaban J connectivity index is 2.37. The van der Waals surface area contributed by atoms with Gasteiger partial charge >= 0.3 is 0 Å². The number of aromatic nitrogens is 3. The minimum absolute atomic E-state index is 0.00866. The van der Waals surface area contributed by atoms with E-state index >= 15 is 0 Å². The average molecular weight is 312 g/mol. The molecule has 2 aromatic carbocycles. The summed E-state index contributed by atoms with van der Waals surface area (Å²) in [6.45, 7) is 0. The lowest BCUT2D eigenvalue weighted by atomic mass is 9.97. The highest BCUT2D eigenvalue weighted by Crippen LogP contribution is 2.35. The zero-order chi connectivity index (χ0) is 15.6. The van der Waals surface area contributed by atoms with Crippen LogP contribution in [0.25, 0.3) is 22.4 Å². The van der Waals surface area contributed by atoms with Crippen LogP contribution in [0.4, 0.5) is 0 Å². The maximum absolute atomic E-state index is 11.9. The van der Waals surface area contributed by atoms with Gasteiger partial charge in [-0.3, -0.25) is 0 Å². The molecule has 1 heterocycles. The van der Waals surface area contributed by atoms with E-state index in [0.717, 1.165) is 5.56 Å². The van der Waals surface area contributed by atoms with Gasteiger partial charge in [0, 0.05) is 5.56 Å². The van der Waals surface area contributed by atoms with Crippen molar-refractivity contribution >= 4 is 10.0 Å². The highest BCUT2D eigenvalue weighted by atomic mass is 32.2. The molecular weight excluding hydrogens is 300 g/mol. The average Bonchev–Trinajstić information content (AvgIpc) is 2.55. The largest absolute Gasteiger partial charge is 0.238 e. The van der Waals surface area contributed by atoms with Crippen molar-refractivity contribution in [3.8, 4) is 22.4 Å². The Morgan fingerprint density at radius 3 is 2.32 bits per heavy atom. The Bertz CT molecular complexity index is 897. The summed E-state index contributed by atoms with van der Waals surface area (Å²) in [5, 5.41) is 16.5. The van der Waals surface area contributed by atoms with Crippen LogP contribution in [0.1, 0.15) is 0 Å². The van der Waals surface area contributed by atoms with E-state index in [4.69, 9.17) is 5.14 Å². The molecule has 2 N–H and O–H groups in total. The minimum Gasteiger partial charge on any atom is -0.225 e. The van der Waals surface area contributed by atoms with Crippen LogP contribution < -0.4 is 5.14 Å². The van der Waals surface area contributed by atoms with Crippen molar-refractivity contribution in [2.24, 2.45) is 5.14 Å². The summed E-state index contributed by atoms with van der Waals surface area (Å²) in [5.41, 5.74) is 2.40. The third-order valence-electron chi connectivity index (χ3n) is 3.18. The third-order valence-corrected chi connectivity index (χ3v) is 4.13. The molecule has 22 heavy (non-hydrogen) atoms. The predicted molar refractivity (Wildman–Crippen MR) is 82.1 cm³/mol. The normalized spacial score (nSPS) is 11.3. The molecular formula is C15H12N4O2S. The van der Waals surface area contributed by atoms with Crippen LogP contribution in [0.2, 0.25) is 0 Å². The van der Waals surface area contributed by atoms with E-state index in [9.17, 15) is 8.42 Å². The molecule has 3 rings (SSSR count). The Labute approximate surface area is 127 Å². The molecule has 3 aromatic rings. The van der Waals surface area contributed by atoms with Crippen molar-refractivity contribution < 1.29 is 8.42 Å². The van der Waals surface area contributed by atoms with Crippen molar-refractivity contribution in [3.63, 3.8) is 0 Å². The van der Waals surface area contributed by atoms with Crippen LogP contribution >= 0.6 is 0 Å². The Hall–Kier alpha value is -2.64. The van der Waals surface area contributed by atoms with Gasteiger partial charge in [-0.05, 0) is 28.5 Å². The zero-order valence-corrected chi connectivity index (χ0v) is 12.2. The van der Waals surface area contributed by atoms with Gasteiger partial charge in [0.15, 0.2) is 0 Å². The lowest BCUT2D eigenvalue weighted by Gasteiger charge is -2.12. The topological polar surface area (TPSA) is 98.8 Å². The molecule has 0 radical (unpaired) electrons. The van der Waals surface area contributed by atoms with Crippen LogP contribution in [-0.4, -0.2) is 23.8 Å². The molecule has 0 saturated carbocycles. The first-order valence-corrected chi connectivity index (χ1v) is 7.98. The second-order valence-corrected chi connectivity index (χ2v) is 6.13. The molecule has 0 spiro atoms. The first kappa shape index (κ1) is 14.3. The number of hydrogen-bond acceptors (Lipinski definition) is 5. The van der Waals surface area contributed by atoms with Gasteiger partial charge in [0.2, 0.25) is 10.0 Å². The van der Waals surface area contributed by atoms with Crippen molar-refractivity contribution in [2.45, 2.75) is 4.90 Å². The summed E-state index contributed by atoms with van der Waals surface area (Å²) in [6.07, 6.45) is 1.46. The van der Waals surface area contributed by atoms with Gasteiger partial charge in [0.05, 0.1) is 16.8 Å². The molecule has 0 saturated heterocycles. The number of benzene rings is 2. The molecule has 0 bridgehead atoms. The van der Waals surface area contributed by atoms with Gasteiger partial charge in [0.1, 0.15) is 0 Å². The van der Waals surface area contributed by atoms with Gasteiger partial charge in [-0.2, -0.15) is 0 Å². The summed E-state index contributed by atoms with van der Waals surface area (Å²) in [6, 6.07) is 16.0. The molecule has 0 aliphatic carbocycles. The van der Waals surface area contributed by atoms with Crippen LogP contribution in [0.5, 0.6) is 0 Å². The molecule has 0 atom stereocenters. The van der Waals surface area contributed by atoms with Gasteiger partial charge in [0.25, 0.3) is 0 Å².